The number of halogens is 1. The first-order chi connectivity index (χ1) is 2.91. The first-order valence-electron chi connectivity index (χ1n) is 2.47. The van der Waals surface area contributed by atoms with Gasteiger partial charge in [0.1, 0.15) is 0 Å². The summed E-state index contributed by atoms with van der Waals surface area (Å²) in [6.45, 7) is 2.17. The third kappa shape index (κ3) is 10.9. The van der Waals surface area contributed by atoms with E-state index in [0.29, 0.717) is 0 Å². The molecule has 0 aromatic carbocycles. The molecule has 0 spiro atoms. The van der Waals surface area contributed by atoms with Crippen molar-refractivity contribution in [2.45, 2.75) is 26.2 Å². The molecule has 2 heteroatoms. The van der Waals surface area contributed by atoms with Gasteiger partial charge in [0.25, 0.3) is 0 Å². The molecule has 0 aliphatic carbocycles. The van der Waals surface area contributed by atoms with Gasteiger partial charge in [-0.05, 0) is 6.42 Å². The minimum absolute atomic E-state index is 0. The van der Waals surface area contributed by atoms with Gasteiger partial charge in [-0.15, -0.1) is 11.6 Å². The Balaban J connectivity index is 0. The maximum Gasteiger partial charge on any atom is 0.0223 e. The fourth-order valence-electron chi connectivity index (χ4n) is 0.344. The van der Waals surface area contributed by atoms with Gasteiger partial charge in [0.15, 0.2) is 0 Å². The Morgan fingerprint density at radius 3 is 2.00 bits per heavy atom. The Hall–Kier alpha value is 0.822. The number of hydrogen-bond acceptors (Lipinski definition) is 0. The third-order valence-electron chi connectivity index (χ3n) is 0.737. The molecule has 0 aromatic heterocycles. The summed E-state index contributed by atoms with van der Waals surface area (Å²) >= 11 is 5.38. The Morgan fingerprint density at radius 2 is 1.86 bits per heavy atom. The predicted molar refractivity (Wildman–Crippen MR) is 30.2 cm³/mol. The molecule has 7 heavy (non-hydrogen) atoms. The molecule has 0 saturated heterocycles. The van der Waals surface area contributed by atoms with E-state index in [9.17, 15) is 0 Å². The van der Waals surface area contributed by atoms with Gasteiger partial charge < -0.3 is 0 Å². The van der Waals surface area contributed by atoms with Crippen molar-refractivity contribution in [1.82, 2.24) is 0 Å². The van der Waals surface area contributed by atoms with Crippen LogP contribution in [0.5, 0.6) is 0 Å². The Morgan fingerprint density at radius 1 is 1.29 bits per heavy atom. The molecule has 0 amide bonds. The van der Waals surface area contributed by atoms with Crippen LogP contribution < -0.4 is 0 Å². The zero-order chi connectivity index (χ0) is 4.83. The van der Waals surface area contributed by atoms with Crippen LogP contribution in [-0.4, -0.2) is 5.88 Å². The fourth-order valence-corrected chi connectivity index (χ4v) is 0.533. The largest absolute Gasteiger partial charge is 0.127 e. The Kier molecular flexibility index (Phi) is 15.3. The number of unbranched alkanes of at least 4 members (excludes halogenated alkanes) is 2. The van der Waals surface area contributed by atoms with Crippen LogP contribution in [0.4, 0.5) is 0 Å². The Labute approximate surface area is 61.4 Å². The molecule has 0 saturated carbocycles. The second kappa shape index (κ2) is 9.95. The zero-order valence-electron chi connectivity index (χ0n) is 4.61. The van der Waals surface area contributed by atoms with E-state index in [4.69, 9.17) is 11.6 Å². The summed E-state index contributed by atoms with van der Waals surface area (Å²) in [5.41, 5.74) is 0. The molecule has 0 fully saturated rings. The molecule has 0 unspecified atom stereocenters. The van der Waals surface area contributed by atoms with E-state index >= 15 is 0 Å². The molecule has 0 rings (SSSR count). The van der Waals surface area contributed by atoms with Crippen molar-refractivity contribution in [3.8, 4) is 0 Å². The van der Waals surface area contributed by atoms with E-state index in [1.165, 1.54) is 19.3 Å². The molecular formula is C5H11ClCr. The van der Waals surface area contributed by atoms with Crippen LogP contribution in [0.1, 0.15) is 26.2 Å². The average molecular weight is 159 g/mol. The van der Waals surface area contributed by atoms with E-state index in [0.717, 1.165) is 5.88 Å². The van der Waals surface area contributed by atoms with Crippen LogP contribution in [0.3, 0.4) is 0 Å². The maximum atomic E-state index is 5.38. The quantitative estimate of drug-likeness (QED) is 0.437. The molecule has 0 atom stereocenters. The summed E-state index contributed by atoms with van der Waals surface area (Å²) in [6, 6.07) is 0. The standard InChI is InChI=1S/C5H11Cl.Cr/c1-2-3-4-5-6;/h2-5H2,1H3;. The summed E-state index contributed by atoms with van der Waals surface area (Å²) in [5.74, 6) is 0.827. The molecule has 0 N–H and O–H groups in total. The van der Waals surface area contributed by atoms with Crippen molar-refractivity contribution in [3.63, 3.8) is 0 Å². The first-order valence-corrected chi connectivity index (χ1v) is 3.01. The molecule has 0 bridgehead atoms. The minimum Gasteiger partial charge on any atom is -0.127 e. The SMILES string of the molecule is CCCCCCl.[Cr]. The smallest absolute Gasteiger partial charge is 0.0223 e. The number of rotatable bonds is 3. The molecule has 0 aliphatic rings. The normalized spacial score (nSPS) is 7.71. The van der Waals surface area contributed by atoms with Crippen LogP contribution in [0.15, 0.2) is 0 Å². The van der Waals surface area contributed by atoms with Gasteiger partial charge in [-0.1, -0.05) is 19.8 Å². The van der Waals surface area contributed by atoms with E-state index < -0.39 is 0 Å². The van der Waals surface area contributed by atoms with Crippen molar-refractivity contribution in [2.75, 3.05) is 5.88 Å². The van der Waals surface area contributed by atoms with Crippen LogP contribution >= 0.6 is 11.6 Å². The van der Waals surface area contributed by atoms with E-state index in [-0.39, 0.29) is 17.4 Å². The molecular weight excluding hydrogens is 148 g/mol. The van der Waals surface area contributed by atoms with Crippen LogP contribution in [0.2, 0.25) is 0 Å². The van der Waals surface area contributed by atoms with E-state index in [2.05, 4.69) is 6.92 Å². The predicted octanol–water partition coefficient (Wildman–Crippen LogP) is 2.41. The maximum absolute atomic E-state index is 5.38. The molecule has 0 aliphatic heterocycles. The van der Waals surface area contributed by atoms with Crippen LogP contribution in [0.25, 0.3) is 0 Å². The first kappa shape index (κ1) is 10.7. The number of alkyl halides is 1. The molecule has 0 nitrogen and oxygen atoms in total. The summed E-state index contributed by atoms with van der Waals surface area (Å²) in [7, 11) is 0. The van der Waals surface area contributed by atoms with Crippen molar-refractivity contribution in [1.29, 1.82) is 0 Å². The van der Waals surface area contributed by atoms with E-state index in [1.807, 2.05) is 0 Å². The van der Waals surface area contributed by atoms with Crippen molar-refractivity contribution >= 4 is 11.6 Å². The summed E-state index contributed by atoms with van der Waals surface area (Å²) in [4.78, 5) is 0. The van der Waals surface area contributed by atoms with Crippen LogP contribution in [-0.2, 0) is 17.4 Å². The molecule has 0 aromatic rings. The topological polar surface area (TPSA) is 0 Å². The van der Waals surface area contributed by atoms with Crippen LogP contribution in [0, 0.1) is 0 Å². The zero-order valence-corrected chi connectivity index (χ0v) is 6.65. The Bertz CT molecular complexity index is 20.0. The van der Waals surface area contributed by atoms with Gasteiger partial charge in [0, 0.05) is 23.2 Å². The average Bonchev–Trinajstić information content (AvgIpc) is 1.61. The van der Waals surface area contributed by atoms with Gasteiger partial charge in [-0.25, -0.2) is 0 Å². The third-order valence-corrected chi connectivity index (χ3v) is 1.00. The summed E-state index contributed by atoms with van der Waals surface area (Å²) < 4.78 is 0. The van der Waals surface area contributed by atoms with Gasteiger partial charge in [-0.2, -0.15) is 0 Å². The summed E-state index contributed by atoms with van der Waals surface area (Å²) in [6.07, 6.45) is 3.73. The monoisotopic (exact) mass is 158 g/mol. The van der Waals surface area contributed by atoms with Gasteiger partial charge in [0.2, 0.25) is 0 Å². The minimum atomic E-state index is 0. The van der Waals surface area contributed by atoms with E-state index in [1.54, 1.807) is 0 Å². The second-order valence-electron chi connectivity index (χ2n) is 1.40. The number of hydrogen-bond donors (Lipinski definition) is 0. The molecule has 0 radical (unpaired) electrons. The van der Waals surface area contributed by atoms with Crippen molar-refractivity contribution in [3.05, 3.63) is 0 Å². The summed E-state index contributed by atoms with van der Waals surface area (Å²) in [5, 5.41) is 0. The molecule has 0 heterocycles. The second-order valence-corrected chi connectivity index (χ2v) is 1.77. The van der Waals surface area contributed by atoms with Crippen molar-refractivity contribution < 1.29 is 17.4 Å². The van der Waals surface area contributed by atoms with Gasteiger partial charge in [0.05, 0.1) is 0 Å². The fraction of sp³-hybridized carbons (Fsp3) is 1.00. The molecule has 44 valence electrons. The van der Waals surface area contributed by atoms with Gasteiger partial charge in [-0.3, -0.25) is 0 Å². The van der Waals surface area contributed by atoms with Crippen molar-refractivity contribution in [2.24, 2.45) is 0 Å². The van der Waals surface area contributed by atoms with Gasteiger partial charge >= 0.3 is 0 Å².